The maximum atomic E-state index is 12.4. The van der Waals surface area contributed by atoms with E-state index in [-0.39, 0.29) is 49.2 Å². The highest BCUT2D eigenvalue weighted by atomic mass is 31.2. The number of alkyl halides is 3. The van der Waals surface area contributed by atoms with Gasteiger partial charge in [-0.05, 0) is 26.7 Å². The molecule has 0 aliphatic rings. The van der Waals surface area contributed by atoms with Gasteiger partial charge in [-0.2, -0.15) is 13.2 Å². The molecule has 0 bridgehead atoms. The number of anilines is 2. The Morgan fingerprint density at radius 2 is 1.22 bits per heavy atom. The molecule has 6 atom stereocenters. The van der Waals surface area contributed by atoms with Crippen molar-refractivity contribution in [3.63, 3.8) is 0 Å². The Labute approximate surface area is 343 Å². The number of nitrogens with one attached hydrogen (secondary N) is 1. The van der Waals surface area contributed by atoms with Crippen molar-refractivity contribution in [2.75, 3.05) is 44.5 Å². The molecule has 0 aliphatic heterocycles. The topological polar surface area (TPSA) is 393 Å². The molecule has 344 valence electrons. The second-order valence-corrected chi connectivity index (χ2v) is 16.3. The summed E-state index contributed by atoms with van der Waals surface area (Å²) in [4.78, 5) is 55.0. The molecular formula is C31H58F3N13O11P2. The number of halogens is 3. The molecule has 0 aromatic carbocycles. The number of ether oxygens (including phenoxy) is 2. The number of aromatic nitrogens is 8. The Kier molecular flexibility index (Phi) is 24.6. The Bertz CT molecular complexity index is 1960. The highest BCUT2D eigenvalue weighted by Gasteiger charge is 2.40. The number of imidazole rings is 2. The van der Waals surface area contributed by atoms with Crippen molar-refractivity contribution in [3.8, 4) is 0 Å². The molecule has 0 fully saturated rings. The van der Waals surface area contributed by atoms with Crippen molar-refractivity contribution in [1.29, 1.82) is 0 Å². The summed E-state index contributed by atoms with van der Waals surface area (Å²) in [6, 6.07) is -1.33. The second-order valence-electron chi connectivity index (χ2n) is 12.7. The van der Waals surface area contributed by atoms with Gasteiger partial charge in [0, 0.05) is 13.2 Å². The molecule has 0 spiro atoms. The summed E-state index contributed by atoms with van der Waals surface area (Å²) >= 11 is 0. The van der Waals surface area contributed by atoms with Crippen molar-refractivity contribution < 1.29 is 66.0 Å². The van der Waals surface area contributed by atoms with Gasteiger partial charge in [-0.1, -0.05) is 26.7 Å². The number of nitrogens with two attached hydrogens (primary N) is 3. The van der Waals surface area contributed by atoms with Crippen LogP contribution in [0.3, 0.4) is 0 Å². The summed E-state index contributed by atoms with van der Waals surface area (Å²) in [5, 5.41) is 8.75. The summed E-state index contributed by atoms with van der Waals surface area (Å²) < 4.78 is 85.5. The fraction of sp³-hybridized carbons (Fsp3) is 0.645. The Hall–Kier alpha value is -3.98. The number of nitrogens with zero attached hydrogens (tertiary/aromatic N) is 8. The fourth-order valence-corrected chi connectivity index (χ4v) is 6.80. The third kappa shape index (κ3) is 18.7. The van der Waals surface area contributed by atoms with E-state index in [0.717, 1.165) is 20.0 Å². The van der Waals surface area contributed by atoms with Crippen LogP contribution in [-0.4, -0.2) is 129 Å². The van der Waals surface area contributed by atoms with Crippen LogP contribution in [-0.2, 0) is 45.5 Å². The summed E-state index contributed by atoms with van der Waals surface area (Å²) in [6.07, 6.45) is 0.810. The first-order valence-corrected chi connectivity index (χ1v) is 21.3. The van der Waals surface area contributed by atoms with Gasteiger partial charge in [0.25, 0.3) is 0 Å². The van der Waals surface area contributed by atoms with E-state index in [2.05, 4.69) is 29.9 Å². The van der Waals surface area contributed by atoms with Crippen LogP contribution >= 0.6 is 15.2 Å². The van der Waals surface area contributed by atoms with Gasteiger partial charge >= 0.3 is 27.3 Å². The van der Waals surface area contributed by atoms with Crippen LogP contribution in [0.2, 0.25) is 0 Å². The number of aliphatic hydroxyl groups is 1. The highest BCUT2D eigenvalue weighted by Crippen LogP contribution is 2.43. The van der Waals surface area contributed by atoms with Crippen LogP contribution < -0.4 is 28.7 Å². The standard InChI is InChI=1S/C16H24F3N6O5P.C14H25N6O4P.CH4O.H3N.H2O/c1-3-4-11(24-15(26)16(17,18)19)6-30-31(27,28)9-29-10(2)5-25-8-23-12-13(20)21-7-22-14(12)25;1-3-4-11(15)6-24-25(21,22)9-23-10(2)5-20-8-19-12-13(16)17-7-18-14(12)20;1-2;;/h7-8,10-11H,3-6,9H2,1-2H3,(H,24,26)(H,27,28)(H2,20,21,22);7-8,10-11H,3-6,9,15H2,1-2H3,(H,21,22)(H2,16,17,18);2H,1H3;1H3;1H2/t10-,11-;10?,11-;;;/m11.../s1. The zero-order valence-corrected chi connectivity index (χ0v) is 35.7. The molecular weight excluding hydrogens is 849 g/mol. The van der Waals surface area contributed by atoms with Gasteiger partial charge < -0.3 is 76.7 Å². The van der Waals surface area contributed by atoms with Crippen LogP contribution in [0, 0.1) is 0 Å². The number of carbonyl (C=O) groups is 1. The van der Waals surface area contributed by atoms with Gasteiger partial charge in [0.15, 0.2) is 22.9 Å². The third-order valence-electron chi connectivity index (χ3n) is 7.67. The van der Waals surface area contributed by atoms with E-state index in [0.29, 0.717) is 41.1 Å². The minimum Gasteiger partial charge on any atom is -0.412 e. The largest absolute Gasteiger partial charge is 0.471 e. The Morgan fingerprint density at radius 3 is 1.62 bits per heavy atom. The molecule has 4 rings (SSSR count). The van der Waals surface area contributed by atoms with E-state index in [1.807, 2.05) is 6.92 Å². The fourth-order valence-electron chi connectivity index (χ4n) is 4.93. The van der Waals surface area contributed by atoms with Gasteiger partial charge in [-0.25, -0.2) is 29.9 Å². The average Bonchev–Trinajstić information content (AvgIpc) is 3.78. The van der Waals surface area contributed by atoms with E-state index in [4.69, 9.17) is 40.8 Å². The molecule has 24 nitrogen and oxygen atoms in total. The van der Waals surface area contributed by atoms with E-state index in [9.17, 15) is 36.9 Å². The third-order valence-corrected chi connectivity index (χ3v) is 9.72. The number of amides is 1. The SMILES string of the molecule is CCC[C@@H](N)COP(=O)(O)COC(C)Cn1cnc2c(N)ncnc21.CCC[C@H](COP(=O)(O)CO[C@H](C)Cn1cnc2c(N)ncnc21)NC(=O)C(F)(F)F.CO.N.O. The minimum atomic E-state index is -5.06. The van der Waals surface area contributed by atoms with Gasteiger partial charge in [-0.15, -0.1) is 0 Å². The van der Waals surface area contributed by atoms with Gasteiger partial charge in [0.2, 0.25) is 0 Å². The van der Waals surface area contributed by atoms with Crippen molar-refractivity contribution in [2.24, 2.45) is 5.73 Å². The van der Waals surface area contributed by atoms with Crippen molar-refractivity contribution in [2.45, 2.75) is 96.9 Å². The molecule has 4 aromatic rings. The highest BCUT2D eigenvalue weighted by molar-refractivity contribution is 7.52. The monoisotopic (exact) mass is 907 g/mol. The van der Waals surface area contributed by atoms with Crippen molar-refractivity contribution in [1.82, 2.24) is 50.5 Å². The first-order chi connectivity index (χ1) is 27.2. The number of carbonyl (C=O) groups excluding carboxylic acids is 1. The molecule has 0 aliphatic carbocycles. The van der Waals surface area contributed by atoms with Gasteiger partial charge in [-0.3, -0.25) is 13.9 Å². The molecule has 0 saturated heterocycles. The molecule has 0 saturated carbocycles. The van der Waals surface area contributed by atoms with Crippen LogP contribution in [0.4, 0.5) is 24.8 Å². The number of rotatable bonds is 21. The quantitative estimate of drug-likeness (QED) is 0.0553. The summed E-state index contributed by atoms with van der Waals surface area (Å²) in [5.74, 6) is -1.62. The van der Waals surface area contributed by atoms with Crippen LogP contribution in [0.5, 0.6) is 0 Å². The van der Waals surface area contributed by atoms with Crippen LogP contribution in [0.25, 0.3) is 22.3 Å². The van der Waals surface area contributed by atoms with Gasteiger partial charge in [0.05, 0.1) is 57.2 Å². The van der Waals surface area contributed by atoms with Gasteiger partial charge in [0.1, 0.15) is 36.4 Å². The summed E-state index contributed by atoms with van der Waals surface area (Å²) in [7, 11) is -7.12. The predicted molar refractivity (Wildman–Crippen MR) is 214 cm³/mol. The predicted octanol–water partition coefficient (Wildman–Crippen LogP) is 1.87. The lowest BCUT2D eigenvalue weighted by Crippen LogP contribution is -2.45. The maximum Gasteiger partial charge on any atom is 0.471 e. The lowest BCUT2D eigenvalue weighted by atomic mass is 10.2. The van der Waals surface area contributed by atoms with Crippen molar-refractivity contribution >= 4 is 55.1 Å². The second kappa shape index (κ2) is 26.4. The minimum absolute atomic E-state index is 0. The lowest BCUT2D eigenvalue weighted by Gasteiger charge is -2.22. The molecule has 15 N–H and O–H groups in total. The molecule has 60 heavy (non-hydrogen) atoms. The van der Waals surface area contributed by atoms with Crippen LogP contribution in [0.15, 0.2) is 25.3 Å². The average molecular weight is 908 g/mol. The first-order valence-electron chi connectivity index (χ1n) is 17.8. The number of fused-ring (bicyclic) bond motifs is 2. The Morgan fingerprint density at radius 1 is 0.800 bits per heavy atom. The molecule has 4 aromatic heterocycles. The van der Waals surface area contributed by atoms with Crippen molar-refractivity contribution in [3.05, 3.63) is 25.3 Å². The summed E-state index contributed by atoms with van der Waals surface area (Å²) in [6.45, 7) is 7.18. The Balaban J connectivity index is 0.00000110. The van der Waals surface area contributed by atoms with E-state index in [1.165, 1.54) is 19.0 Å². The van der Waals surface area contributed by atoms with E-state index in [1.54, 1.807) is 41.5 Å². The zero-order valence-electron chi connectivity index (χ0n) is 33.9. The maximum absolute atomic E-state index is 12.4. The smallest absolute Gasteiger partial charge is 0.412 e. The molecule has 3 unspecified atom stereocenters. The first kappa shape index (κ1) is 56.0. The van der Waals surface area contributed by atoms with E-state index < -0.39 is 58.7 Å². The molecule has 1 amide bonds. The normalized spacial score (nSPS) is 15.3. The van der Waals surface area contributed by atoms with E-state index >= 15 is 0 Å². The number of hydrogen-bond acceptors (Lipinski definition) is 18. The number of aliphatic hydroxyl groups excluding tert-OH is 1. The zero-order chi connectivity index (χ0) is 43.7. The lowest BCUT2D eigenvalue weighted by molar-refractivity contribution is -0.174. The number of hydrogen-bond donors (Lipinski definition) is 8. The molecule has 0 radical (unpaired) electrons. The molecule has 29 heteroatoms. The number of nitrogen functional groups attached to an aromatic ring is 2. The van der Waals surface area contributed by atoms with Crippen LogP contribution in [0.1, 0.15) is 53.4 Å². The summed E-state index contributed by atoms with van der Waals surface area (Å²) in [5.41, 5.74) is 19.2. The molecule has 4 heterocycles.